The number of nitrogens with one attached hydrogen (secondary N) is 2. The molecule has 0 spiro atoms. The zero-order chi connectivity index (χ0) is 16.0. The molecule has 2 amide bonds. The van der Waals surface area contributed by atoms with Gasteiger partial charge in [-0.15, -0.1) is 0 Å². The van der Waals surface area contributed by atoms with Crippen LogP contribution in [0.4, 0.5) is 16.2 Å². The molecule has 0 bridgehead atoms. The third-order valence-corrected chi connectivity index (χ3v) is 3.22. The summed E-state index contributed by atoms with van der Waals surface area (Å²) >= 11 is 0. The van der Waals surface area contributed by atoms with Gasteiger partial charge in [0.2, 0.25) is 0 Å². The van der Waals surface area contributed by atoms with Crippen molar-refractivity contribution in [3.63, 3.8) is 0 Å². The molecule has 1 aromatic rings. The summed E-state index contributed by atoms with van der Waals surface area (Å²) in [5.74, 6) is 0. The fourth-order valence-electron chi connectivity index (χ4n) is 2.21. The SMILES string of the molecule is CC(O)CC(C)(C)CNC(=O)Nc1ccc(N(C)C)cc1. The number of carbonyl (C=O) groups excluding carboxylic acids is 1. The summed E-state index contributed by atoms with van der Waals surface area (Å²) in [6, 6.07) is 7.41. The first-order valence-electron chi connectivity index (χ1n) is 7.20. The number of amides is 2. The molecule has 0 saturated heterocycles. The van der Waals surface area contributed by atoms with Crippen LogP contribution in [-0.4, -0.2) is 37.9 Å². The Morgan fingerprint density at radius 2 is 1.86 bits per heavy atom. The van der Waals surface area contributed by atoms with Crippen molar-refractivity contribution < 1.29 is 9.90 Å². The first kappa shape index (κ1) is 17.3. The topological polar surface area (TPSA) is 64.6 Å². The van der Waals surface area contributed by atoms with Crippen molar-refractivity contribution in [1.29, 1.82) is 0 Å². The van der Waals surface area contributed by atoms with Gasteiger partial charge < -0.3 is 20.6 Å². The third kappa shape index (κ3) is 6.49. The average Bonchev–Trinajstić information content (AvgIpc) is 2.36. The lowest BCUT2D eigenvalue weighted by Crippen LogP contribution is -2.38. The number of aliphatic hydroxyl groups is 1. The average molecular weight is 293 g/mol. The third-order valence-electron chi connectivity index (χ3n) is 3.22. The van der Waals surface area contributed by atoms with Gasteiger partial charge in [0.15, 0.2) is 0 Å². The van der Waals surface area contributed by atoms with Gasteiger partial charge in [0.25, 0.3) is 0 Å². The highest BCUT2D eigenvalue weighted by Gasteiger charge is 2.21. The van der Waals surface area contributed by atoms with E-state index in [4.69, 9.17) is 0 Å². The normalized spacial score (nSPS) is 12.7. The van der Waals surface area contributed by atoms with E-state index in [0.29, 0.717) is 13.0 Å². The van der Waals surface area contributed by atoms with E-state index in [2.05, 4.69) is 10.6 Å². The number of benzene rings is 1. The molecule has 1 aromatic carbocycles. The standard InChI is InChI=1S/C16H27N3O2/c1-12(20)10-16(2,3)11-17-15(21)18-13-6-8-14(9-7-13)19(4)5/h6-9,12,20H,10-11H2,1-5H3,(H2,17,18,21). The van der Waals surface area contributed by atoms with Crippen molar-refractivity contribution in [2.24, 2.45) is 5.41 Å². The summed E-state index contributed by atoms with van der Waals surface area (Å²) in [7, 11) is 3.94. The molecule has 1 unspecified atom stereocenters. The summed E-state index contributed by atoms with van der Waals surface area (Å²) in [5, 5.41) is 15.1. The largest absolute Gasteiger partial charge is 0.393 e. The van der Waals surface area contributed by atoms with Gasteiger partial charge in [-0.1, -0.05) is 13.8 Å². The lowest BCUT2D eigenvalue weighted by Gasteiger charge is -2.26. The van der Waals surface area contributed by atoms with E-state index in [9.17, 15) is 9.90 Å². The molecule has 0 saturated carbocycles. The summed E-state index contributed by atoms with van der Waals surface area (Å²) in [5.41, 5.74) is 1.70. The van der Waals surface area contributed by atoms with E-state index in [1.165, 1.54) is 0 Å². The molecular weight excluding hydrogens is 266 g/mol. The van der Waals surface area contributed by atoms with Crippen LogP contribution in [0.2, 0.25) is 0 Å². The molecule has 0 radical (unpaired) electrons. The van der Waals surface area contributed by atoms with Gasteiger partial charge in [0.1, 0.15) is 0 Å². The van der Waals surface area contributed by atoms with Crippen molar-refractivity contribution >= 4 is 17.4 Å². The molecule has 0 heterocycles. The van der Waals surface area contributed by atoms with Gasteiger partial charge in [-0.25, -0.2) is 4.79 Å². The van der Waals surface area contributed by atoms with Crippen LogP contribution in [0.5, 0.6) is 0 Å². The quantitative estimate of drug-likeness (QED) is 0.755. The van der Waals surface area contributed by atoms with Crippen LogP contribution in [0.1, 0.15) is 27.2 Å². The molecule has 21 heavy (non-hydrogen) atoms. The summed E-state index contributed by atoms with van der Waals surface area (Å²) in [4.78, 5) is 13.9. The van der Waals surface area contributed by atoms with Gasteiger partial charge in [-0.05, 0) is 43.0 Å². The van der Waals surface area contributed by atoms with Gasteiger partial charge in [-0.2, -0.15) is 0 Å². The Labute approximate surface area is 127 Å². The van der Waals surface area contributed by atoms with E-state index in [1.807, 2.05) is 57.1 Å². The Balaban J connectivity index is 2.47. The Bertz CT molecular complexity index is 453. The van der Waals surface area contributed by atoms with Crippen LogP contribution in [0.15, 0.2) is 24.3 Å². The zero-order valence-electron chi connectivity index (χ0n) is 13.6. The molecule has 1 rings (SSSR count). The number of nitrogens with zero attached hydrogens (tertiary/aromatic N) is 1. The van der Waals surface area contributed by atoms with Gasteiger partial charge in [-0.3, -0.25) is 0 Å². The fraction of sp³-hybridized carbons (Fsp3) is 0.562. The second kappa shape index (κ2) is 7.31. The second-order valence-electron chi connectivity index (χ2n) is 6.47. The Morgan fingerprint density at radius 3 is 2.33 bits per heavy atom. The smallest absolute Gasteiger partial charge is 0.319 e. The Hall–Kier alpha value is -1.75. The predicted molar refractivity (Wildman–Crippen MR) is 87.9 cm³/mol. The number of hydrogen-bond acceptors (Lipinski definition) is 3. The van der Waals surface area contributed by atoms with E-state index < -0.39 is 0 Å². The Kier molecular flexibility index (Phi) is 6.03. The molecule has 0 fully saturated rings. The van der Waals surface area contributed by atoms with Crippen molar-refractivity contribution in [2.45, 2.75) is 33.3 Å². The minimum absolute atomic E-state index is 0.139. The molecule has 0 aromatic heterocycles. The van der Waals surface area contributed by atoms with Crippen molar-refractivity contribution in [1.82, 2.24) is 5.32 Å². The Morgan fingerprint density at radius 1 is 1.29 bits per heavy atom. The molecule has 0 aliphatic heterocycles. The fourth-order valence-corrected chi connectivity index (χ4v) is 2.21. The molecular formula is C16H27N3O2. The van der Waals surface area contributed by atoms with E-state index in [1.54, 1.807) is 6.92 Å². The first-order chi connectivity index (χ1) is 9.69. The predicted octanol–water partition coefficient (Wildman–Crippen LogP) is 2.67. The first-order valence-corrected chi connectivity index (χ1v) is 7.20. The molecule has 5 nitrogen and oxygen atoms in total. The summed E-state index contributed by atoms with van der Waals surface area (Å²) in [6.07, 6.45) is 0.272. The molecule has 5 heteroatoms. The maximum absolute atomic E-state index is 11.9. The minimum Gasteiger partial charge on any atom is -0.393 e. The molecule has 1 atom stereocenters. The zero-order valence-corrected chi connectivity index (χ0v) is 13.6. The van der Waals surface area contributed by atoms with Gasteiger partial charge in [0.05, 0.1) is 6.10 Å². The molecule has 0 aliphatic rings. The van der Waals surface area contributed by atoms with E-state index in [0.717, 1.165) is 11.4 Å². The number of carbonyl (C=O) groups is 1. The van der Waals surface area contributed by atoms with Crippen LogP contribution < -0.4 is 15.5 Å². The van der Waals surface area contributed by atoms with Crippen molar-refractivity contribution in [3.05, 3.63) is 24.3 Å². The van der Waals surface area contributed by atoms with Crippen LogP contribution in [0, 0.1) is 5.41 Å². The van der Waals surface area contributed by atoms with Crippen molar-refractivity contribution in [3.8, 4) is 0 Å². The second-order valence-corrected chi connectivity index (χ2v) is 6.47. The molecule has 3 N–H and O–H groups in total. The molecule has 118 valence electrons. The van der Waals surface area contributed by atoms with Crippen LogP contribution in [0.3, 0.4) is 0 Å². The van der Waals surface area contributed by atoms with Crippen molar-refractivity contribution in [2.75, 3.05) is 30.9 Å². The number of rotatable bonds is 6. The van der Waals surface area contributed by atoms with Crippen LogP contribution in [-0.2, 0) is 0 Å². The minimum atomic E-state index is -0.372. The van der Waals surface area contributed by atoms with E-state index >= 15 is 0 Å². The highest BCUT2D eigenvalue weighted by molar-refractivity contribution is 5.89. The summed E-state index contributed by atoms with van der Waals surface area (Å²) < 4.78 is 0. The van der Waals surface area contributed by atoms with Crippen LogP contribution >= 0.6 is 0 Å². The molecule has 0 aliphatic carbocycles. The highest BCUT2D eigenvalue weighted by Crippen LogP contribution is 2.21. The monoisotopic (exact) mass is 293 g/mol. The van der Waals surface area contributed by atoms with Crippen LogP contribution in [0.25, 0.3) is 0 Å². The number of urea groups is 1. The lowest BCUT2D eigenvalue weighted by atomic mass is 9.87. The number of hydrogen-bond donors (Lipinski definition) is 3. The maximum Gasteiger partial charge on any atom is 0.319 e. The van der Waals surface area contributed by atoms with Gasteiger partial charge >= 0.3 is 6.03 Å². The maximum atomic E-state index is 11.9. The van der Waals surface area contributed by atoms with E-state index in [-0.39, 0.29) is 17.6 Å². The summed E-state index contributed by atoms with van der Waals surface area (Å²) in [6.45, 7) is 6.31. The number of anilines is 2. The number of aliphatic hydroxyl groups excluding tert-OH is 1. The highest BCUT2D eigenvalue weighted by atomic mass is 16.3. The lowest BCUT2D eigenvalue weighted by molar-refractivity contribution is 0.129. The van der Waals surface area contributed by atoms with Gasteiger partial charge in [0, 0.05) is 32.0 Å².